The minimum Gasteiger partial charge on any atom is -0.409 e. The third-order valence-corrected chi connectivity index (χ3v) is 6.72. The summed E-state index contributed by atoms with van der Waals surface area (Å²) in [5.74, 6) is -0.406. The first-order chi connectivity index (χ1) is 15.4. The van der Waals surface area contributed by atoms with Crippen molar-refractivity contribution in [2.24, 2.45) is 10.9 Å². The van der Waals surface area contributed by atoms with E-state index in [0.717, 1.165) is 9.54 Å². The summed E-state index contributed by atoms with van der Waals surface area (Å²) in [6.45, 7) is 0.222. The summed E-state index contributed by atoms with van der Waals surface area (Å²) in [4.78, 5) is 13.1. The molecule has 0 atom stereocenters. The summed E-state index contributed by atoms with van der Waals surface area (Å²) in [6.07, 6.45) is 1.35. The molecule has 1 amide bonds. The molecule has 4 N–H and O–H groups in total. The molecule has 0 aliphatic carbocycles. The van der Waals surface area contributed by atoms with Crippen LogP contribution in [0, 0.1) is 0 Å². The molecule has 3 aromatic carbocycles. The van der Waals surface area contributed by atoms with E-state index in [2.05, 4.69) is 10.5 Å². The Morgan fingerprint density at radius 1 is 0.969 bits per heavy atom. The van der Waals surface area contributed by atoms with Crippen LogP contribution in [0.3, 0.4) is 0 Å². The molecule has 4 rings (SSSR count). The van der Waals surface area contributed by atoms with Gasteiger partial charge in [0.2, 0.25) is 0 Å². The van der Waals surface area contributed by atoms with Gasteiger partial charge in [0, 0.05) is 23.7 Å². The molecule has 4 aromatic rings. The number of carbonyl (C=O) groups is 1. The number of hydrogen-bond donors (Lipinski definition) is 3. The Morgan fingerprint density at radius 2 is 1.62 bits per heavy atom. The third kappa shape index (κ3) is 3.93. The maximum atomic E-state index is 13.2. The highest BCUT2D eigenvalue weighted by atomic mass is 32.2. The number of carbonyl (C=O) groups excluding carboxylic acids is 1. The van der Waals surface area contributed by atoms with E-state index in [-0.39, 0.29) is 22.8 Å². The van der Waals surface area contributed by atoms with E-state index in [1.165, 1.54) is 18.3 Å². The molecule has 0 fully saturated rings. The Labute approximate surface area is 184 Å². The van der Waals surface area contributed by atoms with Crippen LogP contribution in [0.2, 0.25) is 0 Å². The minimum atomic E-state index is -3.87. The Balaban J connectivity index is 1.63. The second-order valence-corrected chi connectivity index (χ2v) is 8.85. The van der Waals surface area contributed by atoms with Crippen molar-refractivity contribution in [3.8, 4) is 0 Å². The van der Waals surface area contributed by atoms with Crippen molar-refractivity contribution in [1.82, 2.24) is 9.29 Å². The summed E-state index contributed by atoms with van der Waals surface area (Å²) < 4.78 is 27.5. The Hall–Kier alpha value is -4.11. The molecule has 0 aliphatic heterocycles. The van der Waals surface area contributed by atoms with Crippen LogP contribution in [-0.2, 0) is 16.6 Å². The first kappa shape index (κ1) is 21.1. The number of amidine groups is 1. The summed E-state index contributed by atoms with van der Waals surface area (Å²) in [7, 11) is -3.87. The van der Waals surface area contributed by atoms with Gasteiger partial charge in [0.15, 0.2) is 5.84 Å². The van der Waals surface area contributed by atoms with Crippen molar-refractivity contribution in [3.63, 3.8) is 0 Å². The van der Waals surface area contributed by atoms with E-state index < -0.39 is 15.9 Å². The largest absolute Gasteiger partial charge is 0.409 e. The predicted molar refractivity (Wildman–Crippen MR) is 121 cm³/mol. The van der Waals surface area contributed by atoms with Gasteiger partial charge in [-0.2, -0.15) is 0 Å². The topological polar surface area (TPSA) is 127 Å². The highest BCUT2D eigenvalue weighted by molar-refractivity contribution is 7.90. The number of nitrogens with one attached hydrogen (secondary N) is 1. The normalized spacial score (nSPS) is 12.1. The number of rotatable bonds is 6. The number of oxime groups is 1. The van der Waals surface area contributed by atoms with Gasteiger partial charge in [0.25, 0.3) is 15.9 Å². The zero-order valence-electron chi connectivity index (χ0n) is 16.8. The van der Waals surface area contributed by atoms with Gasteiger partial charge in [-0.25, -0.2) is 12.4 Å². The fourth-order valence-corrected chi connectivity index (χ4v) is 4.75. The molecule has 32 heavy (non-hydrogen) atoms. The van der Waals surface area contributed by atoms with Crippen molar-refractivity contribution in [2.75, 3.05) is 0 Å². The van der Waals surface area contributed by atoms with E-state index in [4.69, 9.17) is 10.9 Å². The van der Waals surface area contributed by atoms with E-state index in [1.807, 2.05) is 0 Å². The van der Waals surface area contributed by atoms with Crippen LogP contribution in [0.4, 0.5) is 0 Å². The van der Waals surface area contributed by atoms with E-state index >= 15 is 0 Å². The van der Waals surface area contributed by atoms with Gasteiger partial charge in [-0.3, -0.25) is 4.79 Å². The molecule has 1 heterocycles. The van der Waals surface area contributed by atoms with Gasteiger partial charge in [-0.05, 0) is 23.8 Å². The highest BCUT2D eigenvalue weighted by Crippen LogP contribution is 2.26. The maximum Gasteiger partial charge on any atom is 0.268 e. The molecule has 8 nitrogen and oxygen atoms in total. The highest BCUT2D eigenvalue weighted by Gasteiger charge is 2.23. The van der Waals surface area contributed by atoms with Gasteiger partial charge in [0.1, 0.15) is 0 Å². The molecule has 1 aromatic heterocycles. The van der Waals surface area contributed by atoms with E-state index in [1.54, 1.807) is 66.7 Å². The SMILES string of the molecule is N/C(=N/O)c1ccc(CNC(=O)c2cn(S(=O)(=O)c3ccccc3)c3ccccc23)cc1. The minimum absolute atomic E-state index is 0.00646. The molecule has 0 radical (unpaired) electrons. The summed E-state index contributed by atoms with van der Waals surface area (Å²) >= 11 is 0. The van der Waals surface area contributed by atoms with Crippen LogP contribution in [-0.4, -0.2) is 29.3 Å². The maximum absolute atomic E-state index is 13.2. The van der Waals surface area contributed by atoms with E-state index in [9.17, 15) is 13.2 Å². The van der Waals surface area contributed by atoms with Crippen LogP contribution in [0.5, 0.6) is 0 Å². The van der Waals surface area contributed by atoms with E-state index in [0.29, 0.717) is 16.5 Å². The quantitative estimate of drug-likeness (QED) is 0.181. The van der Waals surface area contributed by atoms with Crippen molar-refractivity contribution in [2.45, 2.75) is 11.4 Å². The summed E-state index contributed by atoms with van der Waals surface area (Å²) in [5.41, 5.74) is 7.58. The molecule has 9 heteroatoms. The first-order valence-electron chi connectivity index (χ1n) is 9.67. The molecule has 0 saturated carbocycles. The number of aromatic nitrogens is 1. The van der Waals surface area contributed by atoms with Crippen LogP contribution in [0.15, 0.2) is 95.1 Å². The van der Waals surface area contributed by atoms with Crippen molar-refractivity contribution in [1.29, 1.82) is 0 Å². The zero-order chi connectivity index (χ0) is 22.7. The lowest BCUT2D eigenvalue weighted by molar-refractivity contribution is 0.0952. The second-order valence-electron chi connectivity index (χ2n) is 7.04. The zero-order valence-corrected chi connectivity index (χ0v) is 17.7. The second kappa shape index (κ2) is 8.56. The number of nitrogens with two attached hydrogens (primary N) is 1. The number of amides is 1. The van der Waals surface area contributed by atoms with Crippen molar-refractivity contribution < 1.29 is 18.4 Å². The fourth-order valence-electron chi connectivity index (χ4n) is 3.36. The molecule has 162 valence electrons. The molecule has 0 spiro atoms. The number of benzene rings is 3. The molecular weight excluding hydrogens is 428 g/mol. The molecule has 0 unspecified atom stereocenters. The molecular formula is C23H20N4O4S. The summed E-state index contributed by atoms with van der Waals surface area (Å²) in [6, 6.07) is 21.8. The van der Waals surface area contributed by atoms with Gasteiger partial charge in [-0.1, -0.05) is 65.8 Å². The Kier molecular flexibility index (Phi) is 5.65. The first-order valence-corrected chi connectivity index (χ1v) is 11.1. The average Bonchev–Trinajstić information content (AvgIpc) is 3.23. The molecule has 0 bridgehead atoms. The smallest absolute Gasteiger partial charge is 0.268 e. The third-order valence-electron chi connectivity index (χ3n) is 5.03. The number of hydrogen-bond acceptors (Lipinski definition) is 5. The fraction of sp³-hybridized carbons (Fsp3) is 0.0435. The van der Waals surface area contributed by atoms with Crippen LogP contribution in [0.25, 0.3) is 10.9 Å². The number of fused-ring (bicyclic) bond motifs is 1. The Morgan fingerprint density at radius 3 is 2.31 bits per heavy atom. The van der Waals surface area contributed by atoms with Gasteiger partial charge in [0.05, 0.1) is 16.0 Å². The lowest BCUT2D eigenvalue weighted by Gasteiger charge is -2.07. The van der Waals surface area contributed by atoms with Gasteiger partial charge in [-0.15, -0.1) is 0 Å². The number of para-hydroxylation sites is 1. The van der Waals surface area contributed by atoms with Crippen LogP contribution < -0.4 is 11.1 Å². The van der Waals surface area contributed by atoms with Crippen LogP contribution >= 0.6 is 0 Å². The molecule has 0 aliphatic rings. The monoisotopic (exact) mass is 448 g/mol. The number of nitrogens with zero attached hydrogens (tertiary/aromatic N) is 2. The Bertz CT molecular complexity index is 1410. The van der Waals surface area contributed by atoms with Crippen molar-refractivity contribution in [3.05, 3.63) is 102 Å². The lowest BCUT2D eigenvalue weighted by atomic mass is 10.1. The van der Waals surface area contributed by atoms with Gasteiger partial charge >= 0.3 is 0 Å². The standard InChI is InChI=1S/C23H20N4O4S/c24-22(26-29)17-12-10-16(11-13-17)14-25-23(28)20-15-27(21-9-5-4-8-19(20)21)32(30,31)18-6-2-1-3-7-18/h1-13,15,29H,14H2,(H2,24,26)(H,25,28). The van der Waals surface area contributed by atoms with Gasteiger partial charge < -0.3 is 16.3 Å². The lowest BCUT2D eigenvalue weighted by Crippen LogP contribution is -2.23. The van der Waals surface area contributed by atoms with Crippen molar-refractivity contribution >= 4 is 32.7 Å². The average molecular weight is 449 g/mol. The molecule has 0 saturated heterocycles. The van der Waals surface area contributed by atoms with Crippen LogP contribution in [0.1, 0.15) is 21.5 Å². The predicted octanol–water partition coefficient (Wildman–Crippen LogP) is 2.90. The summed E-state index contributed by atoms with van der Waals surface area (Å²) in [5, 5.41) is 15.0.